The van der Waals surface area contributed by atoms with Crippen molar-refractivity contribution in [2.75, 3.05) is 11.1 Å². The highest BCUT2D eigenvalue weighted by Crippen LogP contribution is 2.38. The quantitative estimate of drug-likeness (QED) is 0.212. The zero-order valence-corrected chi connectivity index (χ0v) is 16.0. The van der Waals surface area contributed by atoms with Crippen LogP contribution in [-0.2, 0) is 0 Å². The summed E-state index contributed by atoms with van der Waals surface area (Å²) >= 11 is 0. The molecule has 0 spiro atoms. The molecule has 4 aromatic rings. The molecule has 3 nitrogen and oxygen atoms in total. The first-order chi connectivity index (χ1) is 14.5. The van der Waals surface area contributed by atoms with Crippen molar-refractivity contribution in [3.05, 3.63) is 119 Å². The van der Waals surface area contributed by atoms with Crippen LogP contribution in [0.15, 0.2) is 91.0 Å². The van der Waals surface area contributed by atoms with Crippen molar-refractivity contribution in [2.24, 2.45) is 0 Å². The highest BCUT2D eigenvalue weighted by atomic mass is 19.1. The summed E-state index contributed by atoms with van der Waals surface area (Å²) in [5.74, 6) is -1.00. The zero-order valence-electron chi connectivity index (χ0n) is 16.0. The lowest BCUT2D eigenvalue weighted by atomic mass is 9.84. The van der Waals surface area contributed by atoms with Crippen molar-refractivity contribution in [1.82, 2.24) is 0 Å². The first-order valence-electron chi connectivity index (χ1n) is 9.46. The number of benzene rings is 4. The van der Waals surface area contributed by atoms with Crippen LogP contribution in [0, 0.1) is 11.6 Å². The summed E-state index contributed by atoms with van der Waals surface area (Å²) in [6, 6.07) is 24.7. The Morgan fingerprint density at radius 2 is 1.17 bits per heavy atom. The first-order valence-corrected chi connectivity index (χ1v) is 9.46. The Morgan fingerprint density at radius 1 is 0.667 bits per heavy atom. The van der Waals surface area contributed by atoms with E-state index in [1.807, 2.05) is 18.2 Å². The summed E-state index contributed by atoms with van der Waals surface area (Å²) < 4.78 is 27.0. The van der Waals surface area contributed by atoms with Gasteiger partial charge in [-0.2, -0.15) is 0 Å². The monoisotopic (exact) mass is 402 g/mol. The highest BCUT2D eigenvalue weighted by molar-refractivity contribution is 5.65. The molecular weight excluding hydrogens is 382 g/mol. The average Bonchev–Trinajstić information content (AvgIpc) is 2.75. The Bertz CT molecular complexity index is 1100. The van der Waals surface area contributed by atoms with Crippen LogP contribution in [0.4, 0.5) is 25.8 Å². The molecule has 0 bridgehead atoms. The van der Waals surface area contributed by atoms with Crippen LogP contribution in [0.5, 0.6) is 5.75 Å². The number of phenols is 1. The number of nitrogen functional groups attached to an aromatic ring is 1. The third-order valence-electron chi connectivity index (χ3n) is 4.94. The molecule has 0 aliphatic carbocycles. The van der Waals surface area contributed by atoms with Crippen molar-refractivity contribution in [3.63, 3.8) is 0 Å². The van der Waals surface area contributed by atoms with Crippen LogP contribution in [-0.4, -0.2) is 5.11 Å². The minimum atomic E-state index is -0.403. The molecule has 0 amide bonds. The molecule has 4 aromatic carbocycles. The molecule has 30 heavy (non-hydrogen) atoms. The van der Waals surface area contributed by atoms with E-state index >= 15 is 0 Å². The lowest BCUT2D eigenvalue weighted by Crippen LogP contribution is -2.05. The van der Waals surface area contributed by atoms with Gasteiger partial charge in [-0.15, -0.1) is 0 Å². The molecule has 0 saturated carbocycles. The van der Waals surface area contributed by atoms with E-state index in [0.29, 0.717) is 11.3 Å². The Labute approximate surface area is 173 Å². The topological polar surface area (TPSA) is 58.3 Å². The van der Waals surface area contributed by atoms with Gasteiger partial charge in [0.25, 0.3) is 0 Å². The van der Waals surface area contributed by atoms with Gasteiger partial charge in [0.1, 0.15) is 17.4 Å². The van der Waals surface area contributed by atoms with Crippen LogP contribution < -0.4 is 11.1 Å². The molecule has 0 heterocycles. The van der Waals surface area contributed by atoms with Crippen molar-refractivity contribution < 1.29 is 13.9 Å². The fraction of sp³-hybridized carbons (Fsp3) is 0.0400. The Morgan fingerprint density at radius 3 is 1.70 bits per heavy atom. The van der Waals surface area contributed by atoms with Gasteiger partial charge in [-0.25, -0.2) is 8.78 Å². The van der Waals surface area contributed by atoms with Gasteiger partial charge in [-0.1, -0.05) is 24.3 Å². The van der Waals surface area contributed by atoms with Gasteiger partial charge in [-0.3, -0.25) is 0 Å². The van der Waals surface area contributed by atoms with Gasteiger partial charge < -0.3 is 16.2 Å². The molecular formula is C25H20F2N2O. The van der Waals surface area contributed by atoms with E-state index in [1.54, 1.807) is 48.5 Å². The molecule has 0 aliphatic rings. The number of nitrogens with two attached hydrogens (primary N) is 1. The number of halogens is 2. The maximum absolute atomic E-state index is 13.5. The molecule has 0 fully saturated rings. The largest absolute Gasteiger partial charge is 0.508 e. The molecule has 150 valence electrons. The van der Waals surface area contributed by atoms with Crippen molar-refractivity contribution >= 4 is 17.1 Å². The number of hydrogen-bond donors (Lipinski definition) is 3. The standard InChI is InChI=1S/C25H20F2N2O/c26-18-5-1-16(2-6-18)25(17-3-7-19(27)8-4-17)23-15-22(13-14-24(23)30)29-21-11-9-20(28)10-12-21/h1-15,25,29-30H,28H2. The normalized spacial score (nSPS) is 10.9. The number of nitrogens with one attached hydrogen (secondary N) is 1. The van der Waals surface area contributed by atoms with Crippen LogP contribution in [0.1, 0.15) is 22.6 Å². The minimum Gasteiger partial charge on any atom is -0.508 e. The molecule has 5 heteroatoms. The molecule has 0 unspecified atom stereocenters. The molecule has 4 N–H and O–H groups in total. The summed E-state index contributed by atoms with van der Waals surface area (Å²) in [4.78, 5) is 0. The lowest BCUT2D eigenvalue weighted by molar-refractivity contribution is 0.467. The molecule has 0 aromatic heterocycles. The number of aromatic hydroxyl groups is 1. The SMILES string of the molecule is Nc1ccc(Nc2ccc(O)c(C(c3ccc(F)cc3)c3ccc(F)cc3)c2)cc1. The maximum atomic E-state index is 13.5. The summed E-state index contributed by atoms with van der Waals surface area (Å²) in [7, 11) is 0. The second-order valence-corrected chi connectivity index (χ2v) is 7.06. The summed E-state index contributed by atoms with van der Waals surface area (Å²) in [6.07, 6.45) is 0. The molecule has 0 aliphatic heterocycles. The van der Waals surface area contributed by atoms with Crippen LogP contribution in [0.2, 0.25) is 0 Å². The number of anilines is 3. The second-order valence-electron chi connectivity index (χ2n) is 7.06. The van der Waals surface area contributed by atoms with Crippen LogP contribution in [0.3, 0.4) is 0 Å². The molecule has 0 atom stereocenters. The molecule has 0 radical (unpaired) electrons. The van der Waals surface area contributed by atoms with Gasteiger partial charge in [0.05, 0.1) is 0 Å². The lowest BCUT2D eigenvalue weighted by Gasteiger charge is -2.21. The smallest absolute Gasteiger partial charge is 0.123 e. The van der Waals surface area contributed by atoms with Gasteiger partial charge >= 0.3 is 0 Å². The summed E-state index contributed by atoms with van der Waals surface area (Å²) in [5.41, 5.74) is 10.2. The molecule has 4 rings (SSSR count). The minimum absolute atomic E-state index is 0.0940. The third-order valence-corrected chi connectivity index (χ3v) is 4.94. The van der Waals surface area contributed by atoms with Crippen molar-refractivity contribution in [2.45, 2.75) is 5.92 Å². The number of hydrogen-bond acceptors (Lipinski definition) is 3. The van der Waals surface area contributed by atoms with Crippen molar-refractivity contribution in [3.8, 4) is 5.75 Å². The fourth-order valence-electron chi connectivity index (χ4n) is 3.46. The maximum Gasteiger partial charge on any atom is 0.123 e. The fourth-order valence-corrected chi connectivity index (χ4v) is 3.46. The Hall–Kier alpha value is -3.86. The predicted molar refractivity (Wildman–Crippen MR) is 116 cm³/mol. The average molecular weight is 402 g/mol. The predicted octanol–water partition coefficient (Wildman–Crippen LogP) is 6.18. The van der Waals surface area contributed by atoms with Gasteiger partial charge in [0, 0.05) is 28.5 Å². The first kappa shape index (κ1) is 19.5. The van der Waals surface area contributed by atoms with E-state index in [4.69, 9.17) is 5.73 Å². The summed E-state index contributed by atoms with van der Waals surface area (Å²) in [6.45, 7) is 0. The molecule has 0 saturated heterocycles. The number of phenolic OH excluding ortho intramolecular Hbond substituents is 1. The van der Waals surface area contributed by atoms with Crippen molar-refractivity contribution in [1.29, 1.82) is 0 Å². The van der Waals surface area contributed by atoms with E-state index < -0.39 is 5.92 Å². The zero-order chi connectivity index (χ0) is 21.1. The van der Waals surface area contributed by atoms with Crippen LogP contribution in [0.25, 0.3) is 0 Å². The third kappa shape index (κ3) is 4.25. The number of rotatable bonds is 5. The summed E-state index contributed by atoms with van der Waals surface area (Å²) in [5, 5.41) is 13.9. The van der Waals surface area contributed by atoms with E-state index in [0.717, 1.165) is 22.5 Å². The van der Waals surface area contributed by atoms with E-state index in [-0.39, 0.29) is 17.4 Å². The highest BCUT2D eigenvalue weighted by Gasteiger charge is 2.21. The van der Waals surface area contributed by atoms with Gasteiger partial charge in [0.15, 0.2) is 0 Å². The Kier molecular flexibility index (Phi) is 5.35. The Balaban J connectivity index is 1.78. The van der Waals surface area contributed by atoms with E-state index in [2.05, 4.69) is 5.32 Å². The van der Waals surface area contributed by atoms with E-state index in [9.17, 15) is 13.9 Å². The van der Waals surface area contributed by atoms with E-state index in [1.165, 1.54) is 24.3 Å². The van der Waals surface area contributed by atoms with Crippen LogP contribution >= 0.6 is 0 Å². The van der Waals surface area contributed by atoms with Gasteiger partial charge in [0.2, 0.25) is 0 Å². The van der Waals surface area contributed by atoms with Gasteiger partial charge in [-0.05, 0) is 77.9 Å². The second kappa shape index (κ2) is 8.25.